The maximum Gasteiger partial charge on any atom is -0.000960 e. The van der Waals surface area contributed by atoms with Crippen LogP contribution in [0.15, 0.2) is 12.2 Å². The highest BCUT2D eigenvalue weighted by molar-refractivity contribution is 4.81. The third-order valence-corrected chi connectivity index (χ3v) is 5.20. The van der Waals surface area contributed by atoms with Gasteiger partial charge in [-0.3, -0.25) is 0 Å². The molecule has 0 aromatic carbocycles. The second kappa shape index (κ2) is 21.0. The smallest absolute Gasteiger partial charge is 0.000960 e. The van der Waals surface area contributed by atoms with Crippen LogP contribution in [0.1, 0.15) is 103 Å². The zero-order valence-corrected chi connectivity index (χ0v) is 18.8. The van der Waals surface area contributed by atoms with E-state index >= 15 is 0 Å². The number of nitrogens with zero attached hydrogens (tertiary/aromatic N) is 2. The molecule has 0 N–H and O–H groups in total. The fourth-order valence-electron chi connectivity index (χ4n) is 3.40. The zero-order valence-electron chi connectivity index (χ0n) is 18.8. The molecule has 2 heteroatoms. The van der Waals surface area contributed by atoms with E-state index in [4.69, 9.17) is 0 Å². The predicted octanol–water partition coefficient (Wildman–Crippen LogP) is 6.91. The van der Waals surface area contributed by atoms with Gasteiger partial charge in [0.2, 0.25) is 0 Å². The molecule has 26 heavy (non-hydrogen) atoms. The van der Waals surface area contributed by atoms with E-state index in [9.17, 15) is 0 Å². The lowest BCUT2D eigenvalue weighted by molar-refractivity contribution is 0.294. The molecule has 156 valence electrons. The van der Waals surface area contributed by atoms with E-state index in [1.807, 2.05) is 0 Å². The summed E-state index contributed by atoms with van der Waals surface area (Å²) < 4.78 is 0. The van der Waals surface area contributed by atoms with Crippen LogP contribution in [0.4, 0.5) is 0 Å². The summed E-state index contributed by atoms with van der Waals surface area (Å²) >= 11 is 0. The van der Waals surface area contributed by atoms with Crippen molar-refractivity contribution in [2.45, 2.75) is 103 Å². The van der Waals surface area contributed by atoms with Crippen LogP contribution in [0.2, 0.25) is 0 Å². The van der Waals surface area contributed by atoms with Crippen molar-refractivity contribution < 1.29 is 0 Å². The van der Waals surface area contributed by atoms with Crippen molar-refractivity contribution in [1.82, 2.24) is 9.80 Å². The van der Waals surface area contributed by atoms with Gasteiger partial charge in [-0.25, -0.2) is 0 Å². The Morgan fingerprint density at radius 3 is 1.50 bits per heavy atom. The molecular formula is C24H50N2. The Labute approximate surface area is 166 Å². The molecule has 0 rings (SSSR count). The molecule has 0 fully saturated rings. The molecule has 0 heterocycles. The van der Waals surface area contributed by atoms with E-state index in [1.54, 1.807) is 0 Å². The maximum absolute atomic E-state index is 2.50. The Morgan fingerprint density at radius 2 is 0.962 bits per heavy atom. The molecule has 0 spiro atoms. The normalized spacial score (nSPS) is 12.1. The first kappa shape index (κ1) is 25.7. The molecular weight excluding hydrogens is 316 g/mol. The van der Waals surface area contributed by atoms with E-state index in [1.165, 1.54) is 116 Å². The zero-order chi connectivity index (χ0) is 19.3. The van der Waals surface area contributed by atoms with Crippen molar-refractivity contribution in [2.75, 3.05) is 40.8 Å². The van der Waals surface area contributed by atoms with E-state index in [2.05, 4.69) is 50.0 Å². The van der Waals surface area contributed by atoms with Crippen molar-refractivity contribution in [3.8, 4) is 0 Å². The van der Waals surface area contributed by atoms with Crippen LogP contribution in [0, 0.1) is 0 Å². The fraction of sp³-hybridized carbons (Fsp3) is 0.917. The van der Waals surface area contributed by atoms with Crippen LogP contribution >= 0.6 is 0 Å². The van der Waals surface area contributed by atoms with Crippen LogP contribution < -0.4 is 0 Å². The molecule has 0 atom stereocenters. The minimum atomic E-state index is 1.21. The summed E-state index contributed by atoms with van der Waals surface area (Å²) in [5.74, 6) is 0. The second-order valence-electron chi connectivity index (χ2n) is 8.40. The highest BCUT2D eigenvalue weighted by Gasteiger charge is 1.99. The van der Waals surface area contributed by atoms with Gasteiger partial charge in [0.1, 0.15) is 0 Å². The lowest BCUT2D eigenvalue weighted by atomic mass is 10.1. The van der Waals surface area contributed by atoms with Gasteiger partial charge in [0, 0.05) is 0 Å². The molecule has 0 saturated carbocycles. The Kier molecular flexibility index (Phi) is 20.7. The molecule has 0 bridgehead atoms. The first-order chi connectivity index (χ1) is 12.7. The van der Waals surface area contributed by atoms with E-state index < -0.39 is 0 Å². The Hall–Kier alpha value is -0.340. The standard InChI is InChI=1S/C24H50N2/c1-5-6-7-8-9-10-11-12-13-14-15-16-17-18-19-20-23-26(4)24-21-22-25(2)3/h12-13H,5-11,14-24H2,1-4H3/b13-12-. The molecule has 0 aromatic rings. The van der Waals surface area contributed by atoms with Gasteiger partial charge in [0.15, 0.2) is 0 Å². The summed E-state index contributed by atoms with van der Waals surface area (Å²) in [4.78, 5) is 4.77. The molecule has 0 unspecified atom stereocenters. The maximum atomic E-state index is 2.50. The molecule has 0 aliphatic heterocycles. The van der Waals surface area contributed by atoms with Crippen LogP contribution in [-0.4, -0.2) is 50.6 Å². The van der Waals surface area contributed by atoms with Crippen molar-refractivity contribution in [2.24, 2.45) is 0 Å². The van der Waals surface area contributed by atoms with Crippen molar-refractivity contribution in [3.63, 3.8) is 0 Å². The SMILES string of the molecule is CCCCCCCC/C=C\CCCCCCCCN(C)CCCN(C)C. The van der Waals surface area contributed by atoms with Gasteiger partial charge < -0.3 is 9.80 Å². The van der Waals surface area contributed by atoms with Crippen molar-refractivity contribution in [3.05, 3.63) is 12.2 Å². The first-order valence-corrected chi connectivity index (χ1v) is 11.6. The quantitative estimate of drug-likeness (QED) is 0.171. The molecule has 0 saturated heterocycles. The number of hydrogen-bond acceptors (Lipinski definition) is 2. The monoisotopic (exact) mass is 366 g/mol. The second-order valence-corrected chi connectivity index (χ2v) is 8.40. The fourth-order valence-corrected chi connectivity index (χ4v) is 3.40. The van der Waals surface area contributed by atoms with Crippen LogP contribution in [0.3, 0.4) is 0 Å². The molecule has 0 amide bonds. The highest BCUT2D eigenvalue weighted by Crippen LogP contribution is 2.10. The number of unbranched alkanes of at least 4 members (excludes halogenated alkanes) is 12. The Bertz CT molecular complexity index is 286. The number of rotatable bonds is 20. The number of hydrogen-bond donors (Lipinski definition) is 0. The summed E-state index contributed by atoms with van der Waals surface area (Å²) in [5.41, 5.74) is 0. The molecule has 0 radical (unpaired) electrons. The number of allylic oxidation sites excluding steroid dienone is 2. The topological polar surface area (TPSA) is 6.48 Å². The van der Waals surface area contributed by atoms with Crippen LogP contribution in [0.5, 0.6) is 0 Å². The van der Waals surface area contributed by atoms with E-state index in [-0.39, 0.29) is 0 Å². The van der Waals surface area contributed by atoms with Crippen LogP contribution in [-0.2, 0) is 0 Å². The summed E-state index contributed by atoms with van der Waals surface area (Å²) in [6, 6.07) is 0. The van der Waals surface area contributed by atoms with E-state index in [0.717, 1.165) is 0 Å². The van der Waals surface area contributed by atoms with Crippen molar-refractivity contribution in [1.29, 1.82) is 0 Å². The van der Waals surface area contributed by atoms with Crippen molar-refractivity contribution >= 4 is 0 Å². The average molecular weight is 367 g/mol. The lowest BCUT2D eigenvalue weighted by Gasteiger charge is -2.17. The molecule has 0 aliphatic carbocycles. The van der Waals surface area contributed by atoms with Crippen LogP contribution in [0.25, 0.3) is 0 Å². The Balaban J connectivity index is 3.18. The third-order valence-electron chi connectivity index (χ3n) is 5.20. The average Bonchev–Trinajstić information content (AvgIpc) is 2.61. The van der Waals surface area contributed by atoms with Gasteiger partial charge in [0.25, 0.3) is 0 Å². The van der Waals surface area contributed by atoms with E-state index in [0.29, 0.717) is 0 Å². The van der Waals surface area contributed by atoms with Gasteiger partial charge in [-0.15, -0.1) is 0 Å². The third kappa shape index (κ3) is 21.7. The highest BCUT2D eigenvalue weighted by atomic mass is 15.1. The minimum Gasteiger partial charge on any atom is -0.309 e. The van der Waals surface area contributed by atoms with Gasteiger partial charge in [-0.1, -0.05) is 76.9 Å². The molecule has 0 aliphatic rings. The first-order valence-electron chi connectivity index (χ1n) is 11.6. The lowest BCUT2D eigenvalue weighted by Crippen LogP contribution is -2.24. The summed E-state index contributed by atoms with van der Waals surface area (Å²) in [6.45, 7) is 6.01. The van der Waals surface area contributed by atoms with Gasteiger partial charge in [-0.05, 0) is 79.3 Å². The van der Waals surface area contributed by atoms with Gasteiger partial charge >= 0.3 is 0 Å². The summed E-state index contributed by atoms with van der Waals surface area (Å²) in [5, 5.41) is 0. The predicted molar refractivity (Wildman–Crippen MR) is 120 cm³/mol. The van der Waals surface area contributed by atoms with Gasteiger partial charge in [-0.2, -0.15) is 0 Å². The molecule has 0 aromatic heterocycles. The minimum absolute atomic E-state index is 1.21. The summed E-state index contributed by atoms with van der Waals surface area (Å²) in [7, 11) is 6.59. The van der Waals surface area contributed by atoms with Gasteiger partial charge in [0.05, 0.1) is 0 Å². The summed E-state index contributed by atoms with van der Waals surface area (Å²) in [6.07, 6.45) is 25.6. The largest absolute Gasteiger partial charge is 0.309 e. The Morgan fingerprint density at radius 1 is 0.500 bits per heavy atom. The molecule has 2 nitrogen and oxygen atoms in total.